The molecule has 6 heteroatoms. The average Bonchev–Trinajstić information content (AvgIpc) is 2.68. The van der Waals surface area contributed by atoms with Gasteiger partial charge in [0.1, 0.15) is 11.5 Å². The average molecular weight is 407 g/mol. The number of hydrogen-bond donors (Lipinski definition) is 1. The highest BCUT2D eigenvalue weighted by Gasteiger charge is 2.14. The topological polar surface area (TPSA) is 72.8 Å². The molecule has 0 atom stereocenters. The van der Waals surface area contributed by atoms with Gasteiger partial charge in [-0.2, -0.15) is 8.42 Å². The van der Waals surface area contributed by atoms with Gasteiger partial charge in [0, 0.05) is 0 Å². The highest BCUT2D eigenvalue weighted by molar-refractivity contribution is 7.85. The van der Waals surface area contributed by atoms with Crippen molar-refractivity contribution in [3.63, 3.8) is 0 Å². The van der Waals surface area contributed by atoms with Gasteiger partial charge < -0.3 is 9.47 Å². The third-order valence-corrected chi connectivity index (χ3v) is 5.16. The van der Waals surface area contributed by atoms with Gasteiger partial charge >= 0.3 is 0 Å². The molecular formula is C22H30O5S. The Morgan fingerprint density at radius 1 is 0.786 bits per heavy atom. The van der Waals surface area contributed by atoms with Crippen LogP contribution in [0.3, 0.4) is 0 Å². The first kappa shape index (κ1) is 22.2. The fourth-order valence-corrected chi connectivity index (χ4v) is 3.43. The molecule has 2 aromatic carbocycles. The predicted molar refractivity (Wildman–Crippen MR) is 113 cm³/mol. The van der Waals surface area contributed by atoms with Crippen molar-refractivity contribution in [2.75, 3.05) is 19.0 Å². The molecule has 0 aromatic heterocycles. The van der Waals surface area contributed by atoms with Crippen molar-refractivity contribution >= 4 is 10.1 Å². The molecule has 28 heavy (non-hydrogen) atoms. The minimum atomic E-state index is -3.98. The van der Waals surface area contributed by atoms with E-state index in [1.54, 1.807) is 0 Å². The second-order valence-corrected chi connectivity index (χ2v) is 8.32. The molecule has 0 aliphatic rings. The number of ether oxygens (including phenoxy) is 2. The number of rotatable bonds is 13. The summed E-state index contributed by atoms with van der Waals surface area (Å²) in [5, 5.41) is 0. The highest BCUT2D eigenvalue weighted by atomic mass is 32.2. The Morgan fingerprint density at radius 3 is 2.00 bits per heavy atom. The third kappa shape index (κ3) is 7.90. The lowest BCUT2D eigenvalue weighted by Gasteiger charge is -2.16. The van der Waals surface area contributed by atoms with Crippen molar-refractivity contribution in [2.45, 2.75) is 45.4 Å². The van der Waals surface area contributed by atoms with E-state index < -0.39 is 10.1 Å². The van der Waals surface area contributed by atoms with Crippen LogP contribution in [0.1, 0.15) is 45.4 Å². The zero-order chi connectivity index (χ0) is 20.2. The van der Waals surface area contributed by atoms with Crippen molar-refractivity contribution < 1.29 is 22.4 Å². The molecule has 0 saturated carbocycles. The molecule has 0 heterocycles. The van der Waals surface area contributed by atoms with E-state index in [9.17, 15) is 8.42 Å². The van der Waals surface area contributed by atoms with Crippen molar-refractivity contribution in [1.29, 1.82) is 0 Å². The van der Waals surface area contributed by atoms with Gasteiger partial charge in [-0.3, -0.25) is 4.55 Å². The number of unbranched alkanes of at least 4 members (excludes halogenated alkanes) is 4. The zero-order valence-corrected chi connectivity index (χ0v) is 17.3. The maximum atomic E-state index is 10.9. The van der Waals surface area contributed by atoms with E-state index in [4.69, 9.17) is 14.0 Å². The van der Waals surface area contributed by atoms with Gasteiger partial charge in [0.2, 0.25) is 0 Å². The number of benzene rings is 2. The largest absolute Gasteiger partial charge is 0.493 e. The summed E-state index contributed by atoms with van der Waals surface area (Å²) in [6.07, 6.45) is 6.07. The maximum absolute atomic E-state index is 10.9. The summed E-state index contributed by atoms with van der Waals surface area (Å²) in [6, 6.07) is 15.5. The van der Waals surface area contributed by atoms with E-state index in [0.29, 0.717) is 12.4 Å². The Labute approximate surface area is 168 Å². The summed E-state index contributed by atoms with van der Waals surface area (Å²) >= 11 is 0. The lowest BCUT2D eigenvalue weighted by Crippen LogP contribution is -2.09. The molecule has 0 amide bonds. The van der Waals surface area contributed by atoms with Gasteiger partial charge in [-0.15, -0.1) is 0 Å². The van der Waals surface area contributed by atoms with E-state index >= 15 is 0 Å². The first-order valence-electron chi connectivity index (χ1n) is 9.90. The Morgan fingerprint density at radius 2 is 1.39 bits per heavy atom. The fourth-order valence-electron chi connectivity index (χ4n) is 2.95. The maximum Gasteiger partial charge on any atom is 0.264 e. The number of hydrogen-bond acceptors (Lipinski definition) is 4. The quantitative estimate of drug-likeness (QED) is 0.358. The van der Waals surface area contributed by atoms with Crippen LogP contribution in [0.15, 0.2) is 48.5 Å². The predicted octanol–water partition coefficient (Wildman–Crippen LogP) is 5.36. The van der Waals surface area contributed by atoms with Crippen LogP contribution in [0.5, 0.6) is 11.5 Å². The van der Waals surface area contributed by atoms with Crippen LogP contribution in [0, 0.1) is 0 Å². The van der Waals surface area contributed by atoms with Gasteiger partial charge in [0.25, 0.3) is 10.1 Å². The lowest BCUT2D eigenvalue weighted by atomic mass is 10.0. The van der Waals surface area contributed by atoms with Crippen molar-refractivity contribution in [3.05, 3.63) is 48.5 Å². The van der Waals surface area contributed by atoms with E-state index in [1.807, 2.05) is 48.5 Å². The molecule has 154 valence electrons. The van der Waals surface area contributed by atoms with Crippen LogP contribution >= 0.6 is 0 Å². The second kappa shape index (κ2) is 11.7. The minimum Gasteiger partial charge on any atom is -0.493 e. The van der Waals surface area contributed by atoms with Crippen molar-refractivity contribution in [1.82, 2.24) is 0 Å². The normalized spacial score (nSPS) is 11.4. The molecule has 0 saturated heterocycles. The highest BCUT2D eigenvalue weighted by Crippen LogP contribution is 2.38. The standard InChI is InChI=1S/C22H30O5S/c1-2-3-4-5-9-16-26-20-14-10-15-21(27-17-11-18-28(23,24)25)22(20)19-12-7-6-8-13-19/h6-8,10,12-15H,2-5,9,11,16-18H2,1H3,(H,23,24,25). The van der Waals surface area contributed by atoms with Crippen LogP contribution in [0.25, 0.3) is 11.1 Å². The van der Waals surface area contributed by atoms with E-state index in [-0.39, 0.29) is 18.8 Å². The van der Waals surface area contributed by atoms with Gasteiger partial charge in [-0.05, 0) is 30.5 Å². The van der Waals surface area contributed by atoms with Gasteiger partial charge in [0.05, 0.1) is 24.5 Å². The summed E-state index contributed by atoms with van der Waals surface area (Å²) in [5.74, 6) is 1.08. The van der Waals surface area contributed by atoms with Crippen LogP contribution in [0.2, 0.25) is 0 Å². The minimum absolute atomic E-state index is 0.195. The fraction of sp³-hybridized carbons (Fsp3) is 0.455. The van der Waals surface area contributed by atoms with Crippen LogP contribution in [-0.2, 0) is 10.1 Å². The van der Waals surface area contributed by atoms with Gasteiger partial charge in [-0.1, -0.05) is 69.0 Å². The molecule has 0 bridgehead atoms. The van der Waals surface area contributed by atoms with E-state index in [0.717, 1.165) is 29.7 Å². The molecule has 2 aromatic rings. The molecule has 5 nitrogen and oxygen atoms in total. The summed E-state index contributed by atoms with van der Waals surface area (Å²) in [4.78, 5) is 0. The smallest absolute Gasteiger partial charge is 0.264 e. The second-order valence-electron chi connectivity index (χ2n) is 6.75. The van der Waals surface area contributed by atoms with Gasteiger partial charge in [-0.25, -0.2) is 0 Å². The third-order valence-electron chi connectivity index (χ3n) is 4.36. The van der Waals surface area contributed by atoms with E-state index in [1.165, 1.54) is 19.3 Å². The molecule has 0 aliphatic heterocycles. The molecule has 0 spiro atoms. The summed E-state index contributed by atoms with van der Waals surface area (Å²) in [6.45, 7) is 3.04. The van der Waals surface area contributed by atoms with Crippen LogP contribution < -0.4 is 9.47 Å². The zero-order valence-electron chi connectivity index (χ0n) is 16.5. The molecular weight excluding hydrogens is 376 g/mol. The summed E-state index contributed by atoms with van der Waals surface area (Å²) in [5.41, 5.74) is 1.84. The van der Waals surface area contributed by atoms with Crippen molar-refractivity contribution in [3.8, 4) is 22.6 Å². The molecule has 2 rings (SSSR count). The first-order chi connectivity index (χ1) is 13.5. The van der Waals surface area contributed by atoms with Crippen molar-refractivity contribution in [2.24, 2.45) is 0 Å². The molecule has 0 radical (unpaired) electrons. The monoisotopic (exact) mass is 406 g/mol. The SMILES string of the molecule is CCCCCCCOc1cccc(OCCCS(=O)(=O)O)c1-c1ccccc1. The Bertz CT molecular complexity index is 803. The first-order valence-corrected chi connectivity index (χ1v) is 11.5. The Hall–Kier alpha value is -2.05. The summed E-state index contributed by atoms with van der Waals surface area (Å²) < 4.78 is 42.5. The van der Waals surface area contributed by atoms with Crippen LogP contribution in [0.4, 0.5) is 0 Å². The lowest BCUT2D eigenvalue weighted by molar-refractivity contribution is 0.296. The molecule has 1 N–H and O–H groups in total. The Balaban J connectivity index is 2.09. The molecule has 0 unspecified atom stereocenters. The van der Waals surface area contributed by atoms with Gasteiger partial charge in [0.15, 0.2) is 0 Å². The molecule has 0 fully saturated rings. The summed E-state index contributed by atoms with van der Waals surface area (Å²) in [7, 11) is -3.98. The molecule has 0 aliphatic carbocycles. The van der Waals surface area contributed by atoms with E-state index in [2.05, 4.69) is 6.92 Å². The Kier molecular flexibility index (Phi) is 9.31. The van der Waals surface area contributed by atoms with Crippen LogP contribution in [-0.4, -0.2) is 31.9 Å².